The molecule has 1 heterocycles. The number of carbonyl (C=O) groups is 1. The van der Waals surface area contributed by atoms with Crippen LogP contribution in [0.3, 0.4) is 0 Å². The zero-order chi connectivity index (χ0) is 10.5. The quantitative estimate of drug-likeness (QED) is 0.707. The predicted octanol–water partition coefficient (Wildman–Crippen LogP) is 2.57. The zero-order valence-electron chi connectivity index (χ0n) is 8.82. The third-order valence-corrected chi connectivity index (χ3v) is 2.93. The number of ether oxygens (including phenoxy) is 1. The third-order valence-electron chi connectivity index (χ3n) is 2.93. The van der Waals surface area contributed by atoms with Gasteiger partial charge >= 0.3 is 5.97 Å². The summed E-state index contributed by atoms with van der Waals surface area (Å²) in [6, 6.07) is 10.4. The molecule has 0 saturated carbocycles. The lowest BCUT2D eigenvalue weighted by Crippen LogP contribution is -2.21. The van der Waals surface area contributed by atoms with E-state index < -0.39 is 0 Å². The molecule has 0 spiro atoms. The van der Waals surface area contributed by atoms with Crippen molar-refractivity contribution in [3.63, 3.8) is 0 Å². The maximum Gasteiger partial charge on any atom is 0.306 e. The number of hydrogen-bond donors (Lipinski definition) is 0. The molecule has 0 unspecified atom stereocenters. The van der Waals surface area contributed by atoms with Gasteiger partial charge in [0.2, 0.25) is 0 Å². The molecule has 15 heavy (non-hydrogen) atoms. The number of carbonyl (C=O) groups excluding carboxylic acids is 1. The van der Waals surface area contributed by atoms with Crippen LogP contribution >= 0.6 is 0 Å². The molecule has 2 nitrogen and oxygen atoms in total. The van der Waals surface area contributed by atoms with Gasteiger partial charge in [0, 0.05) is 6.42 Å². The molecule has 2 heteroatoms. The Kier molecular flexibility index (Phi) is 3.38. The van der Waals surface area contributed by atoms with Gasteiger partial charge in [-0.3, -0.25) is 4.79 Å². The van der Waals surface area contributed by atoms with Gasteiger partial charge in [-0.05, 0) is 30.7 Å². The summed E-state index contributed by atoms with van der Waals surface area (Å²) in [5.41, 5.74) is 1.36. The summed E-state index contributed by atoms with van der Waals surface area (Å²) in [4.78, 5) is 11.1. The lowest BCUT2D eigenvalue weighted by molar-refractivity contribution is -0.149. The van der Waals surface area contributed by atoms with Crippen molar-refractivity contribution in [2.45, 2.75) is 25.7 Å². The molecule has 2 rings (SSSR count). The highest BCUT2D eigenvalue weighted by Crippen LogP contribution is 2.21. The molecule has 0 bridgehead atoms. The zero-order valence-corrected chi connectivity index (χ0v) is 8.82. The minimum Gasteiger partial charge on any atom is -0.466 e. The van der Waals surface area contributed by atoms with Gasteiger partial charge < -0.3 is 4.74 Å². The van der Waals surface area contributed by atoms with Crippen LogP contribution in [0.4, 0.5) is 0 Å². The third kappa shape index (κ3) is 3.08. The lowest BCUT2D eigenvalue weighted by Gasteiger charge is -2.20. The first-order chi connectivity index (χ1) is 7.34. The van der Waals surface area contributed by atoms with E-state index in [4.69, 9.17) is 4.74 Å². The molecule has 0 N–H and O–H groups in total. The van der Waals surface area contributed by atoms with E-state index in [-0.39, 0.29) is 5.97 Å². The van der Waals surface area contributed by atoms with Crippen LogP contribution in [0.1, 0.15) is 24.8 Å². The van der Waals surface area contributed by atoms with Gasteiger partial charge in [-0.1, -0.05) is 30.3 Å². The number of benzene rings is 1. The summed E-state index contributed by atoms with van der Waals surface area (Å²) in [5.74, 6) is 0.491. The Hall–Kier alpha value is -1.31. The molecule has 1 aliphatic heterocycles. The molecule has 1 fully saturated rings. The Balaban J connectivity index is 1.80. The topological polar surface area (TPSA) is 26.3 Å². The second-order valence-corrected chi connectivity index (χ2v) is 4.10. The van der Waals surface area contributed by atoms with E-state index in [1.807, 2.05) is 6.07 Å². The summed E-state index contributed by atoms with van der Waals surface area (Å²) >= 11 is 0. The van der Waals surface area contributed by atoms with Crippen molar-refractivity contribution >= 4 is 5.97 Å². The highest BCUT2D eigenvalue weighted by Gasteiger charge is 2.19. The highest BCUT2D eigenvalue weighted by molar-refractivity contribution is 5.70. The summed E-state index contributed by atoms with van der Waals surface area (Å²) in [7, 11) is 0. The predicted molar refractivity (Wildman–Crippen MR) is 58.4 cm³/mol. The lowest BCUT2D eigenvalue weighted by atomic mass is 9.92. The standard InChI is InChI=1S/C13H16O2/c14-13-10-12(8-9-15-13)7-6-11-4-2-1-3-5-11/h1-5,12H,6-10H2/t12-/m0/s1. The van der Waals surface area contributed by atoms with E-state index in [0.717, 1.165) is 19.3 Å². The Morgan fingerprint density at radius 1 is 1.27 bits per heavy atom. The molecule has 1 atom stereocenters. The maximum atomic E-state index is 11.1. The molecule has 1 aromatic carbocycles. The van der Waals surface area contributed by atoms with Gasteiger partial charge in [0.1, 0.15) is 0 Å². The average molecular weight is 204 g/mol. The molecular formula is C13H16O2. The van der Waals surface area contributed by atoms with E-state index in [9.17, 15) is 4.79 Å². The van der Waals surface area contributed by atoms with Crippen molar-refractivity contribution in [2.75, 3.05) is 6.61 Å². The van der Waals surface area contributed by atoms with Crippen molar-refractivity contribution in [1.82, 2.24) is 0 Å². The van der Waals surface area contributed by atoms with Gasteiger partial charge in [0.05, 0.1) is 6.61 Å². The van der Waals surface area contributed by atoms with Crippen LogP contribution in [0.25, 0.3) is 0 Å². The van der Waals surface area contributed by atoms with Crippen molar-refractivity contribution in [3.05, 3.63) is 35.9 Å². The molecule has 0 aliphatic carbocycles. The smallest absolute Gasteiger partial charge is 0.306 e. The van der Waals surface area contributed by atoms with Crippen molar-refractivity contribution in [1.29, 1.82) is 0 Å². The summed E-state index contributed by atoms with van der Waals surface area (Å²) in [5, 5.41) is 0. The highest BCUT2D eigenvalue weighted by atomic mass is 16.5. The van der Waals surface area contributed by atoms with Crippen molar-refractivity contribution in [2.24, 2.45) is 5.92 Å². The summed E-state index contributed by atoms with van der Waals surface area (Å²) in [6.07, 6.45) is 3.79. The molecular weight excluding hydrogens is 188 g/mol. The SMILES string of the molecule is O=C1C[C@@H](CCc2ccccc2)CCO1. The molecule has 0 radical (unpaired) electrons. The Morgan fingerprint density at radius 3 is 2.80 bits per heavy atom. The van der Waals surface area contributed by atoms with Gasteiger partial charge in [-0.2, -0.15) is 0 Å². The number of rotatable bonds is 3. The van der Waals surface area contributed by atoms with Gasteiger partial charge in [-0.25, -0.2) is 0 Å². The van der Waals surface area contributed by atoms with Crippen LogP contribution in [-0.4, -0.2) is 12.6 Å². The normalized spacial score (nSPS) is 21.1. The van der Waals surface area contributed by atoms with E-state index in [2.05, 4.69) is 24.3 Å². The first kappa shape index (κ1) is 10.2. The van der Waals surface area contributed by atoms with Crippen LogP contribution < -0.4 is 0 Å². The molecule has 1 saturated heterocycles. The minimum atomic E-state index is -0.0284. The Bertz CT molecular complexity index is 319. The Labute approximate surface area is 90.3 Å². The van der Waals surface area contributed by atoms with Crippen LogP contribution in [0.15, 0.2) is 30.3 Å². The maximum absolute atomic E-state index is 11.1. The first-order valence-electron chi connectivity index (χ1n) is 5.54. The van der Waals surface area contributed by atoms with E-state index in [1.165, 1.54) is 5.56 Å². The number of aryl methyl sites for hydroxylation is 1. The van der Waals surface area contributed by atoms with Gasteiger partial charge in [-0.15, -0.1) is 0 Å². The van der Waals surface area contributed by atoms with Crippen LogP contribution in [0.2, 0.25) is 0 Å². The van der Waals surface area contributed by atoms with Crippen LogP contribution in [0, 0.1) is 5.92 Å². The fourth-order valence-corrected chi connectivity index (χ4v) is 2.00. The summed E-state index contributed by atoms with van der Waals surface area (Å²) in [6.45, 7) is 0.609. The number of cyclic esters (lactones) is 1. The van der Waals surface area contributed by atoms with E-state index in [1.54, 1.807) is 0 Å². The Morgan fingerprint density at radius 2 is 2.07 bits per heavy atom. The summed E-state index contributed by atoms with van der Waals surface area (Å²) < 4.78 is 4.92. The molecule has 0 aromatic heterocycles. The molecule has 1 aromatic rings. The molecule has 80 valence electrons. The fourth-order valence-electron chi connectivity index (χ4n) is 2.00. The van der Waals surface area contributed by atoms with E-state index in [0.29, 0.717) is 18.9 Å². The van der Waals surface area contributed by atoms with Gasteiger partial charge in [0.15, 0.2) is 0 Å². The van der Waals surface area contributed by atoms with Crippen molar-refractivity contribution in [3.8, 4) is 0 Å². The van der Waals surface area contributed by atoms with Crippen molar-refractivity contribution < 1.29 is 9.53 Å². The average Bonchev–Trinajstić information content (AvgIpc) is 2.28. The first-order valence-corrected chi connectivity index (χ1v) is 5.54. The van der Waals surface area contributed by atoms with Crippen LogP contribution in [-0.2, 0) is 16.0 Å². The number of hydrogen-bond acceptors (Lipinski definition) is 2. The molecule has 0 amide bonds. The largest absolute Gasteiger partial charge is 0.466 e. The second kappa shape index (κ2) is 4.96. The van der Waals surface area contributed by atoms with Gasteiger partial charge in [0.25, 0.3) is 0 Å². The van der Waals surface area contributed by atoms with Crippen LogP contribution in [0.5, 0.6) is 0 Å². The monoisotopic (exact) mass is 204 g/mol. The minimum absolute atomic E-state index is 0.0284. The van der Waals surface area contributed by atoms with E-state index >= 15 is 0 Å². The fraction of sp³-hybridized carbons (Fsp3) is 0.462. The second-order valence-electron chi connectivity index (χ2n) is 4.10. The number of esters is 1. The molecule has 1 aliphatic rings.